The number of amides is 1. The topological polar surface area (TPSA) is 76.0 Å². The Morgan fingerprint density at radius 1 is 1.38 bits per heavy atom. The number of fused-ring (bicyclic) bond motifs is 1. The van der Waals surface area contributed by atoms with Gasteiger partial charge in [0, 0.05) is 18.0 Å². The second-order valence-corrected chi connectivity index (χ2v) is 9.66. The number of anilines is 1. The average Bonchev–Trinajstić information content (AvgIpc) is 2.93. The fourth-order valence-corrected chi connectivity index (χ4v) is 6.99. The third kappa shape index (κ3) is 3.57. The lowest BCUT2D eigenvalue weighted by Gasteiger charge is -2.24. The summed E-state index contributed by atoms with van der Waals surface area (Å²) in [5.74, 6) is -0.340. The molecule has 6 nitrogen and oxygen atoms in total. The second-order valence-electron chi connectivity index (χ2n) is 5.49. The number of sulfone groups is 1. The number of carbonyl (C=O) groups is 1. The quantitative estimate of drug-likeness (QED) is 0.762. The number of benzene rings is 1. The largest absolute Gasteiger partial charge is 0.375 e. The highest BCUT2D eigenvalue weighted by molar-refractivity contribution is 8.16. The summed E-state index contributed by atoms with van der Waals surface area (Å²) in [6, 6.07) is 4.73. The number of rotatable bonds is 3. The third-order valence-electron chi connectivity index (χ3n) is 3.74. The molecule has 2 saturated heterocycles. The van der Waals surface area contributed by atoms with Crippen LogP contribution in [-0.4, -0.2) is 56.0 Å². The third-order valence-corrected chi connectivity index (χ3v) is 7.68. The van der Waals surface area contributed by atoms with Crippen molar-refractivity contribution in [1.29, 1.82) is 0 Å². The summed E-state index contributed by atoms with van der Waals surface area (Å²) >= 11 is 13.3. The van der Waals surface area contributed by atoms with Gasteiger partial charge in [-0.3, -0.25) is 4.79 Å². The van der Waals surface area contributed by atoms with Crippen LogP contribution in [-0.2, 0) is 19.4 Å². The molecule has 3 rings (SSSR count). The van der Waals surface area contributed by atoms with Crippen molar-refractivity contribution in [2.75, 3.05) is 30.1 Å². The lowest BCUT2D eigenvalue weighted by atomic mass is 10.2. The molecule has 0 N–H and O–H groups in total. The molecular weight excluding hydrogens is 395 g/mol. The van der Waals surface area contributed by atoms with Crippen LogP contribution in [0.15, 0.2) is 23.2 Å². The maximum Gasteiger partial charge on any atom is 0.274 e. The number of ether oxygens (including phenoxy) is 1. The van der Waals surface area contributed by atoms with Crippen LogP contribution < -0.4 is 4.90 Å². The first-order valence-corrected chi connectivity index (χ1v) is 10.5. The van der Waals surface area contributed by atoms with Crippen molar-refractivity contribution < 1.29 is 17.9 Å². The molecule has 0 unspecified atom stereocenters. The molecule has 1 amide bonds. The van der Waals surface area contributed by atoms with E-state index in [1.54, 1.807) is 23.1 Å². The van der Waals surface area contributed by atoms with E-state index in [4.69, 9.17) is 27.9 Å². The minimum Gasteiger partial charge on any atom is -0.375 e. The molecule has 1 aromatic carbocycles. The van der Waals surface area contributed by atoms with Gasteiger partial charge in [0.25, 0.3) is 5.91 Å². The summed E-state index contributed by atoms with van der Waals surface area (Å²) in [4.78, 5) is 17.7. The lowest BCUT2D eigenvalue weighted by molar-refractivity contribution is -0.121. The number of nitrogens with zero attached hydrogens (tertiary/aromatic N) is 2. The molecule has 0 spiro atoms. The predicted octanol–water partition coefficient (Wildman–Crippen LogP) is 2.24. The molecule has 0 aromatic heterocycles. The van der Waals surface area contributed by atoms with E-state index in [2.05, 4.69) is 4.99 Å². The Labute approximate surface area is 154 Å². The standard InChI is InChI=1S/C14H14Cl2N2O4S2/c1-22-5-13(19)17-14-18(8-2-3-9(15)10(16)4-8)11-6-24(20,21)7-12(11)23-14/h2-4,11-12H,5-7H2,1H3/t11-,12-/m0/s1. The SMILES string of the molecule is COCC(=O)N=C1S[C@H]2CS(=O)(=O)C[C@@H]2N1c1ccc(Cl)c(Cl)c1. The van der Waals surface area contributed by atoms with Gasteiger partial charge in [-0.1, -0.05) is 35.0 Å². The monoisotopic (exact) mass is 408 g/mol. The highest BCUT2D eigenvalue weighted by atomic mass is 35.5. The molecule has 2 aliphatic rings. The molecule has 2 heterocycles. The fraction of sp³-hybridized carbons (Fsp3) is 0.429. The molecule has 2 fully saturated rings. The number of halogens is 2. The first-order chi connectivity index (χ1) is 11.3. The number of hydrogen-bond donors (Lipinski definition) is 0. The summed E-state index contributed by atoms with van der Waals surface area (Å²) in [5, 5.41) is 1.04. The molecule has 10 heteroatoms. The Morgan fingerprint density at radius 2 is 2.12 bits per heavy atom. The van der Waals surface area contributed by atoms with Crippen LogP contribution in [0.3, 0.4) is 0 Å². The van der Waals surface area contributed by atoms with Gasteiger partial charge in [-0.25, -0.2) is 8.42 Å². The summed E-state index contributed by atoms with van der Waals surface area (Å²) in [5.41, 5.74) is 0.658. The van der Waals surface area contributed by atoms with E-state index in [-0.39, 0.29) is 29.4 Å². The van der Waals surface area contributed by atoms with Gasteiger partial charge in [0.15, 0.2) is 15.0 Å². The van der Waals surface area contributed by atoms with E-state index >= 15 is 0 Å². The van der Waals surface area contributed by atoms with E-state index in [0.717, 1.165) is 0 Å². The minimum atomic E-state index is -3.11. The molecule has 2 atom stereocenters. The van der Waals surface area contributed by atoms with Crippen molar-refractivity contribution in [3.05, 3.63) is 28.2 Å². The van der Waals surface area contributed by atoms with Gasteiger partial charge in [0.1, 0.15) is 6.61 Å². The summed E-state index contributed by atoms with van der Waals surface area (Å²) in [7, 11) is -1.70. The zero-order chi connectivity index (χ0) is 17.5. The summed E-state index contributed by atoms with van der Waals surface area (Å²) in [6.45, 7) is -0.132. The van der Waals surface area contributed by atoms with Crippen molar-refractivity contribution in [1.82, 2.24) is 0 Å². The van der Waals surface area contributed by atoms with Crippen LogP contribution in [0.5, 0.6) is 0 Å². The molecule has 0 aliphatic carbocycles. The van der Waals surface area contributed by atoms with E-state index < -0.39 is 15.7 Å². The van der Waals surface area contributed by atoms with Gasteiger partial charge in [-0.2, -0.15) is 4.99 Å². The second kappa shape index (κ2) is 6.84. The zero-order valence-electron chi connectivity index (χ0n) is 12.6. The fourth-order valence-electron chi connectivity index (χ4n) is 2.76. The van der Waals surface area contributed by atoms with Gasteiger partial charge >= 0.3 is 0 Å². The number of thioether (sulfide) groups is 1. The molecule has 2 aliphatic heterocycles. The Bertz CT molecular complexity index is 813. The molecule has 0 saturated carbocycles. The molecule has 1 aromatic rings. The van der Waals surface area contributed by atoms with Gasteiger partial charge in [-0.05, 0) is 18.2 Å². The first kappa shape index (κ1) is 18.0. The van der Waals surface area contributed by atoms with Crippen molar-refractivity contribution in [2.24, 2.45) is 4.99 Å². The smallest absolute Gasteiger partial charge is 0.274 e. The molecule has 24 heavy (non-hydrogen) atoms. The lowest BCUT2D eigenvalue weighted by Crippen LogP contribution is -2.37. The maximum atomic E-state index is 12.0. The normalized spacial score (nSPS) is 26.8. The average molecular weight is 409 g/mol. The van der Waals surface area contributed by atoms with Crippen molar-refractivity contribution >= 4 is 61.6 Å². The minimum absolute atomic E-state index is 0.0163. The van der Waals surface area contributed by atoms with Crippen LogP contribution >= 0.6 is 35.0 Å². The van der Waals surface area contributed by atoms with E-state index in [1.165, 1.54) is 18.9 Å². The Balaban J connectivity index is 2.01. The highest BCUT2D eigenvalue weighted by Crippen LogP contribution is 2.42. The van der Waals surface area contributed by atoms with Gasteiger partial charge in [0.05, 0.1) is 27.6 Å². The Morgan fingerprint density at radius 3 is 2.79 bits per heavy atom. The zero-order valence-corrected chi connectivity index (χ0v) is 15.8. The van der Waals surface area contributed by atoms with Crippen LogP contribution in [0.1, 0.15) is 0 Å². The Hall–Kier alpha value is -0.800. The summed E-state index contributed by atoms with van der Waals surface area (Å²) in [6.07, 6.45) is 0. The molecular formula is C14H14Cl2N2O4S2. The summed E-state index contributed by atoms with van der Waals surface area (Å²) < 4.78 is 28.7. The first-order valence-electron chi connectivity index (χ1n) is 7.02. The molecule has 0 radical (unpaired) electrons. The van der Waals surface area contributed by atoms with Crippen molar-refractivity contribution in [3.63, 3.8) is 0 Å². The molecule has 0 bridgehead atoms. The van der Waals surface area contributed by atoms with Crippen LogP contribution in [0.2, 0.25) is 10.0 Å². The van der Waals surface area contributed by atoms with E-state index in [9.17, 15) is 13.2 Å². The van der Waals surface area contributed by atoms with E-state index in [0.29, 0.717) is 20.9 Å². The van der Waals surface area contributed by atoms with Gasteiger partial charge < -0.3 is 9.64 Å². The predicted molar refractivity (Wildman–Crippen MR) is 97.1 cm³/mol. The maximum absolute atomic E-state index is 12.0. The number of amidine groups is 1. The number of aliphatic imine (C=N–C) groups is 1. The van der Waals surface area contributed by atoms with Gasteiger partial charge in [0.2, 0.25) is 0 Å². The van der Waals surface area contributed by atoms with Crippen molar-refractivity contribution in [3.8, 4) is 0 Å². The van der Waals surface area contributed by atoms with Crippen molar-refractivity contribution in [2.45, 2.75) is 11.3 Å². The molecule has 130 valence electrons. The van der Waals surface area contributed by atoms with Crippen LogP contribution in [0, 0.1) is 0 Å². The number of methoxy groups -OCH3 is 1. The Kier molecular flexibility index (Phi) is 5.13. The number of hydrogen-bond acceptors (Lipinski definition) is 5. The van der Waals surface area contributed by atoms with Crippen LogP contribution in [0.25, 0.3) is 0 Å². The van der Waals surface area contributed by atoms with Gasteiger partial charge in [-0.15, -0.1) is 0 Å². The van der Waals surface area contributed by atoms with Crippen LogP contribution in [0.4, 0.5) is 5.69 Å². The highest BCUT2D eigenvalue weighted by Gasteiger charge is 2.49. The number of carbonyl (C=O) groups excluding carboxylic acids is 1. The van der Waals surface area contributed by atoms with E-state index in [1.807, 2.05) is 0 Å².